The van der Waals surface area contributed by atoms with Crippen LogP contribution in [-0.4, -0.2) is 55.0 Å². The maximum atomic E-state index is 10.9. The second kappa shape index (κ2) is 3.51. The zero-order chi connectivity index (χ0) is 9.26. The predicted molar refractivity (Wildman–Crippen MR) is 45.7 cm³/mol. The van der Waals surface area contributed by atoms with Gasteiger partial charge in [0.1, 0.15) is 0 Å². The smallest absolute Gasteiger partial charge is 0.407 e. The van der Waals surface area contributed by atoms with Crippen molar-refractivity contribution >= 4 is 6.09 Å². The minimum atomic E-state index is -0.829. The first-order valence-electron chi connectivity index (χ1n) is 4.55. The van der Waals surface area contributed by atoms with E-state index in [0.717, 1.165) is 6.54 Å². The average Bonchev–Trinajstić information content (AvgIpc) is 2.32. The lowest BCUT2D eigenvalue weighted by Gasteiger charge is -2.24. The van der Waals surface area contributed by atoms with E-state index in [4.69, 9.17) is 9.84 Å². The second-order valence-corrected chi connectivity index (χ2v) is 3.65. The molecule has 1 amide bonds. The Hall–Kier alpha value is -0.810. The Balaban J connectivity index is 2.14. The number of nitrogens with one attached hydrogen (secondary N) is 1. The van der Waals surface area contributed by atoms with Gasteiger partial charge in [0, 0.05) is 25.6 Å². The molecule has 2 rings (SSSR count). The molecule has 2 N–H and O–H groups in total. The summed E-state index contributed by atoms with van der Waals surface area (Å²) in [4.78, 5) is 12.4. The molecular formula is C8H14N2O3. The van der Waals surface area contributed by atoms with Gasteiger partial charge in [-0.05, 0) is 0 Å². The van der Waals surface area contributed by atoms with Crippen LogP contribution in [-0.2, 0) is 4.74 Å². The van der Waals surface area contributed by atoms with E-state index in [1.165, 1.54) is 4.90 Å². The summed E-state index contributed by atoms with van der Waals surface area (Å²) in [5, 5.41) is 12.2. The molecule has 0 aromatic heterocycles. The van der Waals surface area contributed by atoms with Gasteiger partial charge in [0.05, 0.1) is 19.3 Å². The Morgan fingerprint density at radius 2 is 2.31 bits per heavy atom. The molecule has 2 saturated heterocycles. The standard InChI is InChI=1S/C8H14N2O3/c11-8(12)10-3-6-1-9-2-7(10)5-13-4-6/h6-7,9H,1-5H2,(H,11,12). The molecule has 0 spiro atoms. The van der Waals surface area contributed by atoms with Crippen molar-refractivity contribution in [3.63, 3.8) is 0 Å². The van der Waals surface area contributed by atoms with Crippen molar-refractivity contribution in [3.05, 3.63) is 0 Å². The third-order valence-electron chi connectivity index (χ3n) is 2.62. The number of fused-ring (bicyclic) bond motifs is 3. The van der Waals surface area contributed by atoms with Crippen molar-refractivity contribution in [1.82, 2.24) is 10.2 Å². The van der Waals surface area contributed by atoms with Crippen LogP contribution >= 0.6 is 0 Å². The number of nitrogens with zero attached hydrogens (tertiary/aromatic N) is 1. The van der Waals surface area contributed by atoms with Gasteiger partial charge in [0.2, 0.25) is 0 Å². The molecule has 0 aromatic rings. The van der Waals surface area contributed by atoms with Crippen LogP contribution in [0.2, 0.25) is 0 Å². The molecule has 74 valence electrons. The summed E-state index contributed by atoms with van der Waals surface area (Å²) in [6.45, 7) is 3.37. The third kappa shape index (κ3) is 1.76. The lowest BCUT2D eigenvalue weighted by atomic mass is 10.1. The van der Waals surface area contributed by atoms with Crippen LogP contribution in [0.5, 0.6) is 0 Å². The Morgan fingerprint density at radius 3 is 3.08 bits per heavy atom. The van der Waals surface area contributed by atoms with Crippen LogP contribution in [0.3, 0.4) is 0 Å². The third-order valence-corrected chi connectivity index (χ3v) is 2.62. The van der Waals surface area contributed by atoms with Crippen molar-refractivity contribution in [1.29, 1.82) is 0 Å². The molecule has 5 nitrogen and oxygen atoms in total. The van der Waals surface area contributed by atoms with E-state index >= 15 is 0 Å². The first-order valence-corrected chi connectivity index (χ1v) is 4.55. The maximum Gasteiger partial charge on any atom is 0.407 e. The van der Waals surface area contributed by atoms with E-state index in [9.17, 15) is 4.79 Å². The topological polar surface area (TPSA) is 61.8 Å². The van der Waals surface area contributed by atoms with Crippen LogP contribution in [0, 0.1) is 5.92 Å². The summed E-state index contributed by atoms with van der Waals surface area (Å²) in [7, 11) is 0. The van der Waals surface area contributed by atoms with Crippen LogP contribution in [0.15, 0.2) is 0 Å². The maximum absolute atomic E-state index is 10.9. The summed E-state index contributed by atoms with van der Waals surface area (Å²) < 4.78 is 5.40. The largest absolute Gasteiger partial charge is 0.465 e. The van der Waals surface area contributed by atoms with Crippen molar-refractivity contribution in [2.45, 2.75) is 6.04 Å². The molecule has 13 heavy (non-hydrogen) atoms. The van der Waals surface area contributed by atoms with Gasteiger partial charge in [-0.1, -0.05) is 0 Å². The quantitative estimate of drug-likeness (QED) is 0.539. The average molecular weight is 186 g/mol. The number of hydrogen-bond acceptors (Lipinski definition) is 3. The highest BCUT2D eigenvalue weighted by Gasteiger charge is 2.32. The van der Waals surface area contributed by atoms with Gasteiger partial charge in [-0.15, -0.1) is 0 Å². The highest BCUT2D eigenvalue weighted by Crippen LogP contribution is 2.14. The normalized spacial score (nSPS) is 34.0. The summed E-state index contributed by atoms with van der Waals surface area (Å²) in [5.74, 6) is 0.309. The van der Waals surface area contributed by atoms with E-state index in [1.807, 2.05) is 0 Å². The highest BCUT2D eigenvalue weighted by atomic mass is 16.5. The molecule has 0 aromatic carbocycles. The van der Waals surface area contributed by atoms with E-state index in [-0.39, 0.29) is 6.04 Å². The summed E-state index contributed by atoms with van der Waals surface area (Å²) in [6, 6.07) is -0.00926. The lowest BCUT2D eigenvalue weighted by Crippen LogP contribution is -2.44. The predicted octanol–water partition coefficient (Wildman–Crippen LogP) is -0.415. The molecule has 2 unspecified atom stereocenters. The van der Waals surface area contributed by atoms with Gasteiger partial charge in [0.15, 0.2) is 0 Å². The molecule has 2 aliphatic heterocycles. The van der Waals surface area contributed by atoms with Gasteiger partial charge in [-0.25, -0.2) is 4.79 Å². The van der Waals surface area contributed by atoms with Crippen LogP contribution < -0.4 is 5.32 Å². The Kier molecular flexibility index (Phi) is 2.37. The molecule has 0 aliphatic carbocycles. The van der Waals surface area contributed by atoms with Gasteiger partial charge < -0.3 is 20.1 Å². The van der Waals surface area contributed by atoms with Crippen molar-refractivity contribution in [2.75, 3.05) is 32.8 Å². The Bertz CT molecular complexity index is 200. The Morgan fingerprint density at radius 1 is 1.46 bits per heavy atom. The minimum Gasteiger partial charge on any atom is -0.465 e. The van der Waals surface area contributed by atoms with Crippen LogP contribution in [0.4, 0.5) is 4.79 Å². The number of ether oxygens (including phenoxy) is 1. The number of carboxylic acid groups (broad SMARTS) is 1. The zero-order valence-corrected chi connectivity index (χ0v) is 7.40. The molecule has 2 aliphatic rings. The summed E-state index contributed by atoms with van der Waals surface area (Å²) in [6.07, 6.45) is -0.829. The van der Waals surface area contributed by atoms with Gasteiger partial charge in [0.25, 0.3) is 0 Å². The highest BCUT2D eigenvalue weighted by molar-refractivity contribution is 5.65. The number of amides is 1. The Labute approximate surface area is 76.7 Å². The van der Waals surface area contributed by atoms with Crippen LogP contribution in [0.1, 0.15) is 0 Å². The fourth-order valence-corrected chi connectivity index (χ4v) is 1.92. The SMILES string of the molecule is O=C(O)N1CC2CNCC1COC2. The number of carbonyl (C=O) groups is 1. The van der Waals surface area contributed by atoms with Gasteiger partial charge in [-0.2, -0.15) is 0 Å². The molecule has 0 saturated carbocycles. The monoisotopic (exact) mass is 186 g/mol. The van der Waals surface area contributed by atoms with Gasteiger partial charge in [-0.3, -0.25) is 0 Å². The van der Waals surface area contributed by atoms with Crippen molar-refractivity contribution < 1.29 is 14.6 Å². The van der Waals surface area contributed by atoms with E-state index < -0.39 is 6.09 Å². The van der Waals surface area contributed by atoms with E-state index in [0.29, 0.717) is 32.2 Å². The molecule has 2 fully saturated rings. The first-order chi connectivity index (χ1) is 6.27. The van der Waals surface area contributed by atoms with Crippen molar-refractivity contribution in [3.8, 4) is 0 Å². The fourth-order valence-electron chi connectivity index (χ4n) is 1.92. The first kappa shape index (κ1) is 8.77. The lowest BCUT2D eigenvalue weighted by molar-refractivity contribution is 0.0803. The summed E-state index contributed by atoms with van der Waals surface area (Å²) in [5.41, 5.74) is 0. The minimum absolute atomic E-state index is 0.00926. The molecule has 2 atom stereocenters. The van der Waals surface area contributed by atoms with Gasteiger partial charge >= 0.3 is 6.09 Å². The molecule has 2 heterocycles. The van der Waals surface area contributed by atoms with E-state index in [2.05, 4.69) is 5.32 Å². The molecule has 0 radical (unpaired) electrons. The molecular weight excluding hydrogens is 172 g/mol. The number of hydrogen-bond donors (Lipinski definition) is 2. The van der Waals surface area contributed by atoms with Crippen LogP contribution in [0.25, 0.3) is 0 Å². The van der Waals surface area contributed by atoms with E-state index in [1.54, 1.807) is 0 Å². The fraction of sp³-hybridized carbons (Fsp3) is 0.875. The molecule has 5 heteroatoms. The second-order valence-electron chi connectivity index (χ2n) is 3.65. The molecule has 2 bridgehead atoms. The van der Waals surface area contributed by atoms with Crippen molar-refractivity contribution in [2.24, 2.45) is 5.92 Å². The summed E-state index contributed by atoms with van der Waals surface area (Å²) >= 11 is 0. The number of rotatable bonds is 0. The zero-order valence-electron chi connectivity index (χ0n) is 7.40.